The van der Waals surface area contributed by atoms with Crippen molar-refractivity contribution in [3.8, 4) is 17.3 Å². The minimum absolute atomic E-state index is 0.0495. The molecular weight excluding hydrogens is 596 g/mol. The molecule has 2 aliphatic heterocycles. The third kappa shape index (κ3) is 5.38. The molecule has 1 saturated carbocycles. The van der Waals surface area contributed by atoms with Crippen molar-refractivity contribution in [3.05, 3.63) is 41.6 Å². The standard InChI is InChI=1S/C33H39F2N7O4/c1-17-23-7-6-19-13-25(42(29(19)38-23)16-33(34,35)9-4-5-18-11-21(18)31(44)37-17)30-39-24-12-20(14-27(46-3)28(24)40(30)2)32(45)41-10-8-26(43)22(36)15-41/h6-7,12-14,17-18,21-22,26,43H,4-5,8-11,15-16,36H2,1-3H3,(H,37,44)/t17-,18-,21-,22+,26-/m1/s1. The molecule has 5 atom stereocenters. The number of benzene rings is 1. The predicted octanol–water partition coefficient (Wildman–Crippen LogP) is 3.77. The van der Waals surface area contributed by atoms with E-state index in [4.69, 9.17) is 20.4 Å². The van der Waals surface area contributed by atoms with Gasteiger partial charge in [0.05, 0.1) is 42.7 Å². The van der Waals surface area contributed by atoms with Gasteiger partial charge in [0.2, 0.25) is 5.91 Å². The Hall–Kier alpha value is -4.10. The number of carbonyl (C=O) groups is 2. The highest BCUT2D eigenvalue weighted by Crippen LogP contribution is 2.44. The molecule has 46 heavy (non-hydrogen) atoms. The highest BCUT2D eigenvalue weighted by atomic mass is 19.3. The molecule has 2 fully saturated rings. The fraction of sp³-hybridized carbons (Fsp3) is 0.515. The Morgan fingerprint density at radius 1 is 1.20 bits per heavy atom. The number of aliphatic hydroxyl groups is 1. The lowest BCUT2D eigenvalue weighted by molar-refractivity contribution is -0.123. The van der Waals surface area contributed by atoms with Crippen LogP contribution in [0.2, 0.25) is 0 Å². The van der Waals surface area contributed by atoms with Crippen molar-refractivity contribution in [3.63, 3.8) is 0 Å². The molecule has 4 N–H and O–H groups in total. The van der Waals surface area contributed by atoms with Crippen LogP contribution in [0.15, 0.2) is 30.3 Å². The monoisotopic (exact) mass is 635 g/mol. The van der Waals surface area contributed by atoms with Crippen LogP contribution in [0, 0.1) is 11.8 Å². The summed E-state index contributed by atoms with van der Waals surface area (Å²) in [7, 11) is 3.29. The van der Waals surface area contributed by atoms with E-state index in [0.29, 0.717) is 76.4 Å². The van der Waals surface area contributed by atoms with Crippen LogP contribution in [-0.4, -0.2) is 79.2 Å². The zero-order valence-electron chi connectivity index (χ0n) is 26.2. The number of fused-ring (bicyclic) bond motifs is 3. The SMILES string of the molecule is COc1cc(C(=O)N2CC[C@@H](O)[C@@H](N)C2)cc2nc(-c3cc4ccc5nc4n3CC(F)(F)CCC[C@@H]3C[C@H]3C(=O)N[C@@H]5C)n(C)c12. The molecule has 4 aromatic rings. The number of rotatable bonds is 3. The Bertz CT molecular complexity index is 1850. The second-order valence-corrected chi connectivity index (χ2v) is 13.2. The molecular formula is C33H39F2N7O4. The van der Waals surface area contributed by atoms with Crippen LogP contribution in [0.3, 0.4) is 0 Å². The molecule has 11 nitrogen and oxygen atoms in total. The molecule has 7 rings (SSSR count). The van der Waals surface area contributed by atoms with E-state index in [1.807, 2.05) is 19.1 Å². The Balaban J connectivity index is 1.33. The van der Waals surface area contributed by atoms with E-state index in [-0.39, 0.29) is 42.7 Å². The van der Waals surface area contributed by atoms with Gasteiger partial charge in [0.15, 0.2) is 5.82 Å². The number of piperidine rings is 1. The van der Waals surface area contributed by atoms with E-state index < -0.39 is 24.6 Å². The van der Waals surface area contributed by atoms with Crippen LogP contribution in [0.1, 0.15) is 61.1 Å². The number of methoxy groups -OCH3 is 1. The van der Waals surface area contributed by atoms with E-state index in [2.05, 4.69) is 5.32 Å². The van der Waals surface area contributed by atoms with Crippen molar-refractivity contribution in [2.75, 3.05) is 20.2 Å². The first-order chi connectivity index (χ1) is 21.9. The van der Waals surface area contributed by atoms with Gasteiger partial charge in [-0.1, -0.05) is 0 Å². The van der Waals surface area contributed by atoms with Gasteiger partial charge >= 0.3 is 0 Å². The first-order valence-electron chi connectivity index (χ1n) is 15.9. The second kappa shape index (κ2) is 11.3. The number of halogens is 2. The lowest BCUT2D eigenvalue weighted by Gasteiger charge is -2.34. The summed E-state index contributed by atoms with van der Waals surface area (Å²) >= 11 is 0. The largest absolute Gasteiger partial charge is 0.494 e. The average Bonchev–Trinajstić information content (AvgIpc) is 3.62. The van der Waals surface area contributed by atoms with Crippen LogP contribution in [0.5, 0.6) is 5.75 Å². The number of nitrogens with one attached hydrogen (secondary N) is 1. The molecule has 0 unspecified atom stereocenters. The number of likely N-dealkylation sites (tertiary alicyclic amines) is 1. The summed E-state index contributed by atoms with van der Waals surface area (Å²) in [6, 6.07) is 7.86. The number of carbonyl (C=O) groups excluding carboxylic acids is 2. The molecule has 2 bridgehead atoms. The molecule has 1 aromatic carbocycles. The topological polar surface area (TPSA) is 141 Å². The highest BCUT2D eigenvalue weighted by Gasteiger charge is 2.43. The first kappa shape index (κ1) is 30.5. The van der Waals surface area contributed by atoms with Gasteiger partial charge in [-0.2, -0.15) is 0 Å². The van der Waals surface area contributed by atoms with E-state index in [0.717, 1.165) is 6.42 Å². The number of hydrogen-bond donors (Lipinski definition) is 3. The lowest BCUT2D eigenvalue weighted by Crippen LogP contribution is -2.53. The van der Waals surface area contributed by atoms with Crippen molar-refractivity contribution in [2.24, 2.45) is 24.6 Å². The summed E-state index contributed by atoms with van der Waals surface area (Å²) in [6.07, 6.45) is 1.08. The van der Waals surface area contributed by atoms with Crippen molar-refractivity contribution in [2.45, 2.75) is 69.7 Å². The second-order valence-electron chi connectivity index (χ2n) is 13.2. The van der Waals surface area contributed by atoms with E-state index in [1.165, 1.54) is 11.7 Å². The molecule has 13 heteroatoms. The number of nitrogens with two attached hydrogens (primary N) is 1. The van der Waals surface area contributed by atoms with E-state index >= 15 is 8.78 Å². The summed E-state index contributed by atoms with van der Waals surface area (Å²) in [5.41, 5.74) is 8.88. The van der Waals surface area contributed by atoms with Crippen molar-refractivity contribution >= 4 is 33.9 Å². The number of imidazole rings is 1. The Labute approximate surface area is 264 Å². The Kier molecular flexibility index (Phi) is 7.51. The van der Waals surface area contributed by atoms with Crippen LogP contribution in [-0.2, 0) is 18.4 Å². The predicted molar refractivity (Wildman–Crippen MR) is 167 cm³/mol. The summed E-state index contributed by atoms with van der Waals surface area (Å²) in [4.78, 5) is 37.6. The number of aliphatic hydroxyl groups excluding tert-OH is 1. The minimum Gasteiger partial charge on any atom is -0.494 e. The molecule has 0 radical (unpaired) electrons. The maximum absolute atomic E-state index is 15.7. The smallest absolute Gasteiger partial charge is 0.265 e. The molecule has 3 aliphatic rings. The lowest BCUT2D eigenvalue weighted by atomic mass is 10.0. The van der Waals surface area contributed by atoms with Gasteiger partial charge in [-0.3, -0.25) is 9.59 Å². The molecule has 1 aliphatic carbocycles. The van der Waals surface area contributed by atoms with Crippen LogP contribution in [0.25, 0.3) is 33.6 Å². The molecule has 244 valence electrons. The normalized spacial score (nSPS) is 26.5. The maximum atomic E-state index is 15.7. The zero-order chi connectivity index (χ0) is 32.5. The Morgan fingerprint density at radius 3 is 2.76 bits per heavy atom. The van der Waals surface area contributed by atoms with E-state index in [9.17, 15) is 14.7 Å². The number of hydrogen-bond acceptors (Lipinski definition) is 7. The first-order valence-corrected chi connectivity index (χ1v) is 15.9. The molecule has 1 saturated heterocycles. The van der Waals surface area contributed by atoms with Crippen molar-refractivity contribution in [1.82, 2.24) is 29.3 Å². The molecule has 2 amide bonds. The van der Waals surface area contributed by atoms with Gasteiger partial charge in [0.25, 0.3) is 11.8 Å². The van der Waals surface area contributed by atoms with Crippen LogP contribution >= 0.6 is 0 Å². The third-order valence-electron chi connectivity index (χ3n) is 9.87. The minimum atomic E-state index is -3.02. The molecule has 5 heterocycles. The summed E-state index contributed by atoms with van der Waals surface area (Å²) in [5.74, 6) is -2.48. The number of aryl methyl sites for hydroxylation is 1. The summed E-state index contributed by atoms with van der Waals surface area (Å²) < 4.78 is 40.4. The van der Waals surface area contributed by atoms with Gasteiger partial charge in [-0.25, -0.2) is 18.7 Å². The number of pyridine rings is 1. The number of alkyl halides is 2. The molecule has 3 aromatic heterocycles. The van der Waals surface area contributed by atoms with Gasteiger partial charge in [-0.15, -0.1) is 0 Å². The fourth-order valence-electron chi connectivity index (χ4n) is 7.10. The van der Waals surface area contributed by atoms with Gasteiger partial charge in [-0.05, 0) is 68.9 Å². The van der Waals surface area contributed by atoms with Gasteiger partial charge in [0.1, 0.15) is 16.9 Å². The van der Waals surface area contributed by atoms with Crippen LogP contribution in [0.4, 0.5) is 8.78 Å². The van der Waals surface area contributed by atoms with Crippen LogP contribution < -0.4 is 15.8 Å². The number of ether oxygens (including phenoxy) is 1. The number of nitrogens with zero attached hydrogens (tertiary/aromatic N) is 5. The number of amides is 2. The number of aromatic nitrogens is 4. The highest BCUT2D eigenvalue weighted by molar-refractivity contribution is 6.00. The zero-order valence-corrected chi connectivity index (χ0v) is 26.2. The van der Waals surface area contributed by atoms with Crippen molar-refractivity contribution < 1.29 is 28.2 Å². The van der Waals surface area contributed by atoms with Crippen molar-refractivity contribution in [1.29, 1.82) is 0 Å². The fourth-order valence-corrected chi connectivity index (χ4v) is 7.10. The van der Waals surface area contributed by atoms with Gasteiger partial charge in [0, 0.05) is 49.5 Å². The quantitative estimate of drug-likeness (QED) is 0.311. The van der Waals surface area contributed by atoms with E-state index in [1.54, 1.807) is 34.7 Å². The maximum Gasteiger partial charge on any atom is 0.265 e. The molecule has 0 spiro atoms. The van der Waals surface area contributed by atoms with Gasteiger partial charge < -0.3 is 34.9 Å². The summed E-state index contributed by atoms with van der Waals surface area (Å²) in [5, 5.41) is 13.8. The average molecular weight is 636 g/mol. The summed E-state index contributed by atoms with van der Waals surface area (Å²) in [6.45, 7) is 1.87. The third-order valence-corrected chi connectivity index (χ3v) is 9.87. The Morgan fingerprint density at radius 2 is 2.00 bits per heavy atom.